The van der Waals surface area contributed by atoms with E-state index in [1.807, 2.05) is 36.4 Å². The molecule has 0 bridgehead atoms. The first kappa shape index (κ1) is 14.2. The van der Waals surface area contributed by atoms with Gasteiger partial charge < -0.3 is 10.1 Å². The summed E-state index contributed by atoms with van der Waals surface area (Å²) in [6.45, 7) is 0. The molecule has 0 aliphatic carbocycles. The average molecular weight is 315 g/mol. The van der Waals surface area contributed by atoms with E-state index in [1.165, 1.54) is 12.1 Å². The molecule has 0 unspecified atom stereocenters. The summed E-state index contributed by atoms with van der Waals surface area (Å²) in [6.07, 6.45) is 1.63. The van der Waals surface area contributed by atoms with Gasteiger partial charge in [0.15, 0.2) is 5.78 Å². The van der Waals surface area contributed by atoms with E-state index in [4.69, 9.17) is 5.11 Å². The Kier molecular flexibility index (Phi) is 3.17. The van der Waals surface area contributed by atoms with Gasteiger partial charge in [-0.25, -0.2) is 4.79 Å². The van der Waals surface area contributed by atoms with E-state index >= 15 is 0 Å². The second-order valence-corrected chi connectivity index (χ2v) is 5.66. The van der Waals surface area contributed by atoms with Crippen LogP contribution in [0.25, 0.3) is 21.7 Å². The molecule has 24 heavy (non-hydrogen) atoms. The highest BCUT2D eigenvalue weighted by molar-refractivity contribution is 6.17. The number of aromatic amines is 1. The molecule has 4 nitrogen and oxygen atoms in total. The molecule has 0 aliphatic rings. The molecule has 0 fully saturated rings. The fraction of sp³-hybridized carbons (Fsp3) is 0. The molecule has 2 N–H and O–H groups in total. The van der Waals surface area contributed by atoms with Crippen molar-refractivity contribution in [1.29, 1.82) is 0 Å². The van der Waals surface area contributed by atoms with Crippen LogP contribution in [0.15, 0.2) is 66.9 Å². The number of carbonyl (C=O) groups excluding carboxylic acids is 1. The molecular weight excluding hydrogens is 302 g/mol. The SMILES string of the molecule is O=C(O)c1ccc2[nH]cc(C(=O)c3ccc4ccccc4c3)c2c1. The molecule has 0 saturated heterocycles. The van der Waals surface area contributed by atoms with Crippen molar-refractivity contribution >= 4 is 33.4 Å². The zero-order valence-electron chi connectivity index (χ0n) is 12.6. The molecule has 0 atom stereocenters. The highest BCUT2D eigenvalue weighted by Crippen LogP contribution is 2.24. The van der Waals surface area contributed by atoms with E-state index in [9.17, 15) is 9.59 Å². The smallest absolute Gasteiger partial charge is 0.335 e. The fourth-order valence-corrected chi connectivity index (χ4v) is 2.93. The van der Waals surface area contributed by atoms with Crippen LogP contribution in [0.4, 0.5) is 0 Å². The largest absolute Gasteiger partial charge is 0.478 e. The number of aromatic nitrogens is 1. The number of carbonyl (C=O) groups is 2. The van der Waals surface area contributed by atoms with Gasteiger partial charge in [-0.05, 0) is 35.0 Å². The van der Waals surface area contributed by atoms with E-state index in [0.717, 1.165) is 16.3 Å². The number of fused-ring (bicyclic) bond motifs is 2. The number of aromatic carboxylic acids is 1. The van der Waals surface area contributed by atoms with Crippen LogP contribution in [-0.4, -0.2) is 21.8 Å². The van der Waals surface area contributed by atoms with Crippen LogP contribution in [0.1, 0.15) is 26.3 Å². The van der Waals surface area contributed by atoms with Crippen LogP contribution in [0.5, 0.6) is 0 Å². The minimum atomic E-state index is -1.01. The maximum absolute atomic E-state index is 12.9. The standard InChI is InChI=1S/C20H13NO3/c22-19(14-6-5-12-3-1-2-4-13(12)9-14)17-11-21-18-8-7-15(20(23)24)10-16(17)18/h1-11,21H,(H,23,24). The number of H-pyrrole nitrogens is 1. The number of carboxylic acid groups (broad SMARTS) is 1. The van der Waals surface area contributed by atoms with E-state index in [2.05, 4.69) is 4.98 Å². The Morgan fingerprint density at radius 3 is 2.38 bits per heavy atom. The summed E-state index contributed by atoms with van der Waals surface area (Å²) < 4.78 is 0. The van der Waals surface area contributed by atoms with Gasteiger partial charge >= 0.3 is 5.97 Å². The molecule has 3 aromatic carbocycles. The number of hydrogen-bond acceptors (Lipinski definition) is 2. The number of nitrogens with one attached hydrogen (secondary N) is 1. The molecule has 4 aromatic rings. The number of benzene rings is 3. The summed E-state index contributed by atoms with van der Waals surface area (Å²) >= 11 is 0. The Labute approximate surface area is 137 Å². The quantitative estimate of drug-likeness (QED) is 0.555. The number of carboxylic acids is 1. The third kappa shape index (κ3) is 2.25. The number of rotatable bonds is 3. The highest BCUT2D eigenvalue weighted by atomic mass is 16.4. The van der Waals surface area contributed by atoms with Crippen LogP contribution in [0, 0.1) is 0 Å². The first-order chi connectivity index (χ1) is 11.6. The van der Waals surface area contributed by atoms with Gasteiger partial charge in [-0.15, -0.1) is 0 Å². The molecule has 116 valence electrons. The molecule has 1 heterocycles. The van der Waals surface area contributed by atoms with Crippen LogP contribution < -0.4 is 0 Å². The van der Waals surface area contributed by atoms with Crippen LogP contribution >= 0.6 is 0 Å². The van der Waals surface area contributed by atoms with E-state index < -0.39 is 5.97 Å². The van der Waals surface area contributed by atoms with Crippen molar-refractivity contribution in [2.45, 2.75) is 0 Å². The highest BCUT2D eigenvalue weighted by Gasteiger charge is 2.16. The maximum Gasteiger partial charge on any atom is 0.335 e. The zero-order valence-corrected chi connectivity index (χ0v) is 12.6. The predicted octanol–water partition coefficient (Wildman–Crippen LogP) is 4.25. The van der Waals surface area contributed by atoms with Gasteiger partial charge in [-0.2, -0.15) is 0 Å². The van der Waals surface area contributed by atoms with E-state index in [0.29, 0.717) is 16.5 Å². The average Bonchev–Trinajstić information content (AvgIpc) is 3.03. The lowest BCUT2D eigenvalue weighted by molar-refractivity contribution is 0.0696. The van der Waals surface area contributed by atoms with Gasteiger partial charge in [0.1, 0.15) is 0 Å². The molecule has 4 heteroatoms. The Morgan fingerprint density at radius 2 is 1.58 bits per heavy atom. The molecule has 0 amide bonds. The van der Waals surface area contributed by atoms with E-state index in [1.54, 1.807) is 18.3 Å². The van der Waals surface area contributed by atoms with Gasteiger partial charge in [0.2, 0.25) is 0 Å². The lowest BCUT2D eigenvalue weighted by atomic mass is 9.99. The normalized spacial score (nSPS) is 11.0. The van der Waals surface area contributed by atoms with Crippen LogP contribution in [-0.2, 0) is 0 Å². The first-order valence-electron chi connectivity index (χ1n) is 7.51. The van der Waals surface area contributed by atoms with Gasteiger partial charge in [-0.3, -0.25) is 4.79 Å². The minimum absolute atomic E-state index is 0.130. The minimum Gasteiger partial charge on any atom is -0.478 e. The number of ketones is 1. The van der Waals surface area contributed by atoms with Crippen molar-refractivity contribution in [2.75, 3.05) is 0 Å². The summed E-state index contributed by atoms with van der Waals surface area (Å²) in [4.78, 5) is 27.1. The third-order valence-electron chi connectivity index (χ3n) is 4.18. The monoisotopic (exact) mass is 315 g/mol. The van der Waals surface area contributed by atoms with Crippen molar-refractivity contribution in [1.82, 2.24) is 4.98 Å². The lowest BCUT2D eigenvalue weighted by Gasteiger charge is -2.03. The molecule has 0 aliphatic heterocycles. The summed E-state index contributed by atoms with van der Waals surface area (Å²) in [6, 6.07) is 18.1. The van der Waals surface area contributed by atoms with Crippen molar-refractivity contribution in [3.63, 3.8) is 0 Å². The van der Waals surface area contributed by atoms with Crippen LogP contribution in [0.3, 0.4) is 0 Å². The Balaban J connectivity index is 1.84. The fourth-order valence-electron chi connectivity index (χ4n) is 2.93. The third-order valence-corrected chi connectivity index (χ3v) is 4.18. The summed E-state index contributed by atoms with van der Waals surface area (Å²) in [5, 5.41) is 11.8. The molecule has 1 aromatic heterocycles. The zero-order chi connectivity index (χ0) is 16.7. The van der Waals surface area contributed by atoms with Crippen molar-refractivity contribution in [3.8, 4) is 0 Å². The summed E-state index contributed by atoms with van der Waals surface area (Å²) in [5.41, 5.74) is 1.96. The molecule has 0 saturated carbocycles. The molecular formula is C20H13NO3. The maximum atomic E-state index is 12.9. The van der Waals surface area contributed by atoms with Crippen LogP contribution in [0.2, 0.25) is 0 Å². The van der Waals surface area contributed by atoms with Gasteiger partial charge in [0.05, 0.1) is 5.56 Å². The second kappa shape index (κ2) is 5.35. The molecule has 0 radical (unpaired) electrons. The van der Waals surface area contributed by atoms with Crippen molar-refractivity contribution in [3.05, 3.63) is 83.6 Å². The molecule has 0 spiro atoms. The first-order valence-corrected chi connectivity index (χ1v) is 7.51. The number of hydrogen-bond donors (Lipinski definition) is 2. The second-order valence-electron chi connectivity index (χ2n) is 5.66. The summed E-state index contributed by atoms with van der Waals surface area (Å²) in [7, 11) is 0. The van der Waals surface area contributed by atoms with Gasteiger partial charge in [0, 0.05) is 28.2 Å². The predicted molar refractivity (Wildman–Crippen MR) is 92.6 cm³/mol. The van der Waals surface area contributed by atoms with E-state index in [-0.39, 0.29) is 11.3 Å². The molecule has 4 rings (SSSR count). The summed E-state index contributed by atoms with van der Waals surface area (Å²) in [5.74, 6) is -1.14. The van der Waals surface area contributed by atoms with Crippen molar-refractivity contribution < 1.29 is 14.7 Å². The lowest BCUT2D eigenvalue weighted by Crippen LogP contribution is -2.01. The van der Waals surface area contributed by atoms with Gasteiger partial charge in [0.25, 0.3) is 0 Å². The Morgan fingerprint density at radius 1 is 0.833 bits per heavy atom. The van der Waals surface area contributed by atoms with Crippen molar-refractivity contribution in [2.24, 2.45) is 0 Å². The Bertz CT molecular complexity index is 1110. The topological polar surface area (TPSA) is 70.2 Å². The Hall–Kier alpha value is -3.40. The van der Waals surface area contributed by atoms with Gasteiger partial charge in [-0.1, -0.05) is 36.4 Å².